The Morgan fingerprint density at radius 1 is 1.22 bits per heavy atom. The van der Waals surface area contributed by atoms with Gasteiger partial charge < -0.3 is 15.4 Å². The van der Waals surface area contributed by atoms with Gasteiger partial charge in [-0.2, -0.15) is 0 Å². The summed E-state index contributed by atoms with van der Waals surface area (Å²) in [6.07, 6.45) is 1.71. The third kappa shape index (κ3) is 7.32. The largest absolute Gasteiger partial charge is 0.481 e. The van der Waals surface area contributed by atoms with Crippen LogP contribution in [0.25, 0.3) is 0 Å². The molecule has 0 saturated heterocycles. The van der Waals surface area contributed by atoms with Gasteiger partial charge in [-0.25, -0.2) is 14.4 Å². The minimum atomic E-state index is -0.238. The van der Waals surface area contributed by atoms with Crippen molar-refractivity contribution in [3.63, 3.8) is 0 Å². The van der Waals surface area contributed by atoms with E-state index in [1.165, 1.54) is 6.07 Å². The number of nitrogens with one attached hydrogen (secondary N) is 2. The summed E-state index contributed by atoms with van der Waals surface area (Å²) in [5.74, 6) is 1.07. The summed E-state index contributed by atoms with van der Waals surface area (Å²) in [6.45, 7) is 8.06. The van der Waals surface area contributed by atoms with Crippen LogP contribution in [0.4, 0.5) is 4.39 Å². The number of hydrogen-bond acceptors (Lipinski definition) is 3. The second-order valence-electron chi connectivity index (χ2n) is 6.65. The van der Waals surface area contributed by atoms with E-state index in [0.717, 1.165) is 17.7 Å². The summed E-state index contributed by atoms with van der Waals surface area (Å²) in [5.41, 5.74) is 1.72. The number of rotatable bonds is 7. The Morgan fingerprint density at radius 3 is 2.67 bits per heavy atom. The summed E-state index contributed by atoms with van der Waals surface area (Å²) in [7, 11) is 1.59. The molecule has 27 heavy (non-hydrogen) atoms. The monoisotopic (exact) mass is 486 g/mol. The maximum atomic E-state index is 13.5. The first-order valence-corrected chi connectivity index (χ1v) is 8.72. The molecule has 0 amide bonds. The van der Waals surface area contributed by atoms with Crippen LogP contribution in [0.1, 0.15) is 31.9 Å². The molecule has 1 aromatic carbocycles. The lowest BCUT2D eigenvalue weighted by Crippen LogP contribution is -2.43. The molecule has 0 aliphatic rings. The average Bonchev–Trinajstić information content (AvgIpc) is 2.64. The van der Waals surface area contributed by atoms with Gasteiger partial charge in [0.2, 0.25) is 5.88 Å². The summed E-state index contributed by atoms with van der Waals surface area (Å²) < 4.78 is 18.7. The van der Waals surface area contributed by atoms with Crippen molar-refractivity contribution >= 4 is 29.9 Å². The van der Waals surface area contributed by atoms with Gasteiger partial charge in [-0.15, -0.1) is 24.0 Å². The Labute approximate surface area is 177 Å². The number of benzene rings is 1. The lowest BCUT2D eigenvalue weighted by molar-refractivity contribution is 0.397. The van der Waals surface area contributed by atoms with Crippen LogP contribution in [-0.2, 0) is 12.0 Å². The third-order valence-electron chi connectivity index (χ3n) is 4.08. The third-order valence-corrected chi connectivity index (χ3v) is 4.08. The number of hydrogen-bond donors (Lipinski definition) is 2. The smallest absolute Gasteiger partial charge is 0.213 e. The van der Waals surface area contributed by atoms with Gasteiger partial charge in [-0.1, -0.05) is 26.0 Å². The zero-order chi connectivity index (χ0) is 19.0. The van der Waals surface area contributed by atoms with E-state index in [-0.39, 0.29) is 35.2 Å². The molecular formula is C20H28FIN4O. The van der Waals surface area contributed by atoms with Crippen molar-refractivity contribution in [1.82, 2.24) is 15.6 Å². The summed E-state index contributed by atoms with van der Waals surface area (Å²) in [4.78, 5) is 8.71. The predicted octanol–water partition coefficient (Wildman–Crippen LogP) is 3.88. The second kappa shape index (κ2) is 11.1. The Morgan fingerprint density at radius 2 is 2.00 bits per heavy atom. The van der Waals surface area contributed by atoms with Gasteiger partial charge in [0.25, 0.3) is 0 Å². The van der Waals surface area contributed by atoms with Gasteiger partial charge in [0.15, 0.2) is 5.96 Å². The predicted molar refractivity (Wildman–Crippen MR) is 118 cm³/mol. The van der Waals surface area contributed by atoms with Crippen molar-refractivity contribution in [2.75, 3.05) is 20.2 Å². The molecule has 1 aromatic heterocycles. The molecule has 1 heterocycles. The van der Waals surface area contributed by atoms with Gasteiger partial charge in [0, 0.05) is 30.8 Å². The molecule has 5 nitrogen and oxygen atoms in total. The van der Waals surface area contributed by atoms with Crippen molar-refractivity contribution < 1.29 is 9.13 Å². The zero-order valence-electron chi connectivity index (χ0n) is 16.3. The first kappa shape index (κ1) is 23.1. The zero-order valence-corrected chi connectivity index (χ0v) is 18.6. The number of aromatic nitrogens is 1. The minimum absolute atomic E-state index is 0. The molecule has 0 unspecified atom stereocenters. The normalized spacial score (nSPS) is 11.5. The highest BCUT2D eigenvalue weighted by Crippen LogP contribution is 2.22. The Balaban J connectivity index is 0.00000364. The Hall–Kier alpha value is -1.90. The first-order chi connectivity index (χ1) is 12.4. The molecule has 0 aliphatic carbocycles. The minimum Gasteiger partial charge on any atom is -0.481 e. The summed E-state index contributed by atoms with van der Waals surface area (Å²) >= 11 is 0. The van der Waals surface area contributed by atoms with Crippen LogP contribution in [0, 0.1) is 5.82 Å². The maximum Gasteiger partial charge on any atom is 0.213 e. The van der Waals surface area contributed by atoms with Crippen LogP contribution in [0.5, 0.6) is 5.88 Å². The quantitative estimate of drug-likeness (QED) is 0.355. The van der Waals surface area contributed by atoms with Crippen LogP contribution in [0.2, 0.25) is 0 Å². The topological polar surface area (TPSA) is 58.5 Å². The first-order valence-electron chi connectivity index (χ1n) is 8.72. The van der Waals surface area contributed by atoms with Crippen LogP contribution in [0.3, 0.4) is 0 Å². The van der Waals surface area contributed by atoms with Gasteiger partial charge in [0.05, 0.1) is 13.7 Å². The molecule has 0 fully saturated rings. The number of methoxy groups -OCH3 is 1. The van der Waals surface area contributed by atoms with Crippen LogP contribution in [-0.4, -0.2) is 31.1 Å². The lowest BCUT2D eigenvalue weighted by atomic mass is 9.84. The van der Waals surface area contributed by atoms with E-state index in [1.807, 2.05) is 25.1 Å². The van der Waals surface area contributed by atoms with E-state index >= 15 is 0 Å². The van der Waals surface area contributed by atoms with Crippen LogP contribution >= 0.6 is 24.0 Å². The molecule has 0 spiro atoms. The number of guanidine groups is 1. The van der Waals surface area contributed by atoms with Crippen molar-refractivity contribution in [2.45, 2.75) is 32.7 Å². The maximum absolute atomic E-state index is 13.5. The molecular weight excluding hydrogens is 458 g/mol. The fraction of sp³-hybridized carbons (Fsp3) is 0.400. The second-order valence-corrected chi connectivity index (χ2v) is 6.65. The van der Waals surface area contributed by atoms with E-state index < -0.39 is 0 Å². The van der Waals surface area contributed by atoms with Crippen LogP contribution < -0.4 is 15.4 Å². The number of ether oxygens (including phenoxy) is 1. The molecule has 0 aliphatic heterocycles. The van der Waals surface area contributed by atoms with Crippen molar-refractivity contribution in [1.29, 1.82) is 0 Å². The fourth-order valence-corrected chi connectivity index (χ4v) is 2.49. The van der Waals surface area contributed by atoms with Crippen molar-refractivity contribution in [2.24, 2.45) is 4.99 Å². The molecule has 0 saturated carbocycles. The molecule has 2 rings (SSSR count). The Bertz CT molecular complexity index is 752. The highest BCUT2D eigenvalue weighted by Gasteiger charge is 2.21. The van der Waals surface area contributed by atoms with Gasteiger partial charge in [-0.3, -0.25) is 0 Å². The Kier molecular flexibility index (Phi) is 9.48. The van der Waals surface area contributed by atoms with Gasteiger partial charge in [0.1, 0.15) is 5.82 Å². The van der Waals surface area contributed by atoms with E-state index in [0.29, 0.717) is 24.9 Å². The molecule has 2 aromatic rings. The van der Waals surface area contributed by atoms with Crippen molar-refractivity contribution in [3.8, 4) is 5.88 Å². The van der Waals surface area contributed by atoms with E-state index in [4.69, 9.17) is 4.74 Å². The summed E-state index contributed by atoms with van der Waals surface area (Å²) in [5, 5.41) is 6.58. The van der Waals surface area contributed by atoms with E-state index in [2.05, 4.69) is 34.5 Å². The highest BCUT2D eigenvalue weighted by atomic mass is 127. The SMILES string of the molecule is CCNC(=NCc1ccnc(OC)c1)NCC(C)(C)c1cccc(F)c1.I. The average molecular weight is 486 g/mol. The van der Waals surface area contributed by atoms with Gasteiger partial charge in [-0.05, 0) is 36.2 Å². The number of pyridine rings is 1. The molecule has 0 radical (unpaired) electrons. The standard InChI is InChI=1S/C20H27FN4O.HI/c1-5-22-19(24-13-15-9-10-23-18(11-15)26-4)25-14-20(2,3)16-7-6-8-17(21)12-16;/h6-12H,5,13-14H2,1-4H3,(H2,22,24,25);1H. The fourth-order valence-electron chi connectivity index (χ4n) is 2.49. The molecule has 0 atom stereocenters. The molecule has 148 valence electrons. The van der Waals surface area contributed by atoms with Crippen LogP contribution in [0.15, 0.2) is 47.6 Å². The number of nitrogens with zero attached hydrogens (tertiary/aromatic N) is 2. The summed E-state index contributed by atoms with van der Waals surface area (Å²) in [6, 6.07) is 10.5. The molecule has 2 N–H and O–H groups in total. The van der Waals surface area contributed by atoms with Crippen molar-refractivity contribution in [3.05, 3.63) is 59.5 Å². The van der Waals surface area contributed by atoms with E-state index in [1.54, 1.807) is 25.4 Å². The highest BCUT2D eigenvalue weighted by molar-refractivity contribution is 14.0. The molecule has 7 heteroatoms. The lowest BCUT2D eigenvalue weighted by Gasteiger charge is -2.27. The number of aliphatic imine (C=N–C) groups is 1. The van der Waals surface area contributed by atoms with Gasteiger partial charge >= 0.3 is 0 Å². The van der Waals surface area contributed by atoms with E-state index in [9.17, 15) is 4.39 Å². The molecule has 0 bridgehead atoms. The number of halogens is 2.